The highest BCUT2D eigenvalue weighted by molar-refractivity contribution is 6.06. The van der Waals surface area contributed by atoms with Gasteiger partial charge in [-0.15, -0.1) is 0 Å². The molecule has 4 rings (SSSR count). The third kappa shape index (κ3) is 4.26. The van der Waals surface area contributed by atoms with Gasteiger partial charge in [-0.3, -0.25) is 9.69 Å². The molecule has 1 amide bonds. The molecule has 3 heterocycles. The van der Waals surface area contributed by atoms with Gasteiger partial charge in [0.15, 0.2) is 0 Å². The molecule has 7 heteroatoms. The first-order valence-corrected chi connectivity index (χ1v) is 10.2. The van der Waals surface area contributed by atoms with E-state index in [-0.39, 0.29) is 17.5 Å². The van der Waals surface area contributed by atoms with E-state index in [2.05, 4.69) is 15.2 Å². The van der Waals surface area contributed by atoms with Crippen LogP contribution in [-0.4, -0.2) is 56.3 Å². The molecule has 1 atom stereocenters. The van der Waals surface area contributed by atoms with E-state index in [4.69, 9.17) is 4.74 Å². The number of nitrogens with one attached hydrogen (secondary N) is 1. The van der Waals surface area contributed by atoms with E-state index in [1.807, 2.05) is 25.1 Å². The largest absolute Gasteiger partial charge is 0.378 e. The number of ether oxygens (including phenoxy) is 1. The van der Waals surface area contributed by atoms with E-state index in [9.17, 15) is 4.79 Å². The maximum absolute atomic E-state index is 15.1. The minimum atomic E-state index is -0.499. The number of halogens is 1. The van der Waals surface area contributed by atoms with E-state index in [1.54, 1.807) is 17.2 Å². The van der Waals surface area contributed by atoms with E-state index in [0.717, 1.165) is 43.7 Å². The van der Waals surface area contributed by atoms with Crippen LogP contribution in [0.25, 0.3) is 0 Å². The lowest BCUT2D eigenvalue weighted by Crippen LogP contribution is -2.49. The summed E-state index contributed by atoms with van der Waals surface area (Å²) < 4.78 is 20.4. The lowest BCUT2D eigenvalue weighted by Gasteiger charge is -2.35. The molecule has 1 aromatic carbocycles. The number of aryl methyl sites for hydroxylation is 1. The van der Waals surface area contributed by atoms with Crippen LogP contribution in [0.15, 0.2) is 36.5 Å². The Bertz CT molecular complexity index is 864. The second kappa shape index (κ2) is 8.88. The first kappa shape index (κ1) is 19.8. The average Bonchev–Trinajstić information content (AvgIpc) is 2.76. The Balaban J connectivity index is 1.66. The SMILES string of the molecule is Cc1cccnc1N(C(=O)c1ccc(N2CCOCC2)cc1F)C1CCCNC1. The summed E-state index contributed by atoms with van der Waals surface area (Å²) in [5.74, 6) is -0.240. The van der Waals surface area contributed by atoms with Crippen LogP contribution in [0.5, 0.6) is 0 Å². The summed E-state index contributed by atoms with van der Waals surface area (Å²) in [5, 5.41) is 3.34. The van der Waals surface area contributed by atoms with Gasteiger partial charge in [0.2, 0.25) is 0 Å². The van der Waals surface area contributed by atoms with Crippen molar-refractivity contribution in [3.63, 3.8) is 0 Å². The molecule has 2 saturated heterocycles. The van der Waals surface area contributed by atoms with Crippen molar-refractivity contribution in [3.05, 3.63) is 53.5 Å². The first-order valence-electron chi connectivity index (χ1n) is 10.2. The second-order valence-corrected chi connectivity index (χ2v) is 7.58. The van der Waals surface area contributed by atoms with Crippen molar-refractivity contribution in [2.45, 2.75) is 25.8 Å². The molecular formula is C22H27FN4O2. The Hall–Kier alpha value is -2.51. The van der Waals surface area contributed by atoms with E-state index >= 15 is 4.39 Å². The molecule has 0 spiro atoms. The number of carbonyl (C=O) groups is 1. The number of nitrogens with zero attached hydrogens (tertiary/aromatic N) is 3. The van der Waals surface area contributed by atoms with E-state index in [1.165, 1.54) is 6.07 Å². The van der Waals surface area contributed by atoms with Gasteiger partial charge in [-0.1, -0.05) is 6.07 Å². The third-order valence-corrected chi connectivity index (χ3v) is 5.62. The van der Waals surface area contributed by atoms with Gasteiger partial charge in [0.1, 0.15) is 11.6 Å². The summed E-state index contributed by atoms with van der Waals surface area (Å²) in [7, 11) is 0. The van der Waals surface area contributed by atoms with Crippen LogP contribution in [0.3, 0.4) is 0 Å². The number of benzene rings is 1. The molecule has 6 nitrogen and oxygen atoms in total. The summed E-state index contributed by atoms with van der Waals surface area (Å²) in [6.45, 7) is 6.24. The normalized spacial score (nSPS) is 19.8. The highest BCUT2D eigenvalue weighted by atomic mass is 19.1. The number of aromatic nitrogens is 1. The molecule has 0 radical (unpaired) electrons. The number of morpholine rings is 1. The summed E-state index contributed by atoms with van der Waals surface area (Å²) in [6.07, 6.45) is 3.51. The highest BCUT2D eigenvalue weighted by Gasteiger charge is 2.31. The monoisotopic (exact) mass is 398 g/mol. The Morgan fingerprint density at radius 2 is 2.14 bits per heavy atom. The predicted molar refractivity (Wildman–Crippen MR) is 111 cm³/mol. The van der Waals surface area contributed by atoms with Crippen molar-refractivity contribution >= 4 is 17.4 Å². The van der Waals surface area contributed by atoms with Gasteiger partial charge in [-0.05, 0) is 56.1 Å². The molecule has 0 saturated carbocycles. The summed E-state index contributed by atoms with van der Waals surface area (Å²) in [6, 6.07) is 8.60. The van der Waals surface area contributed by atoms with E-state index in [0.29, 0.717) is 25.6 Å². The maximum Gasteiger partial charge on any atom is 0.262 e. The molecular weight excluding hydrogens is 371 g/mol. The van der Waals surface area contributed by atoms with Gasteiger partial charge >= 0.3 is 0 Å². The summed E-state index contributed by atoms with van der Waals surface area (Å²) in [4.78, 5) is 21.7. The van der Waals surface area contributed by atoms with Crippen LogP contribution in [0.2, 0.25) is 0 Å². The van der Waals surface area contributed by atoms with Crippen molar-refractivity contribution in [2.75, 3.05) is 49.2 Å². The van der Waals surface area contributed by atoms with Crippen LogP contribution in [0.4, 0.5) is 15.9 Å². The molecule has 29 heavy (non-hydrogen) atoms. The molecule has 2 aromatic rings. The van der Waals surface area contributed by atoms with Gasteiger partial charge in [-0.25, -0.2) is 9.37 Å². The maximum atomic E-state index is 15.1. The summed E-state index contributed by atoms with van der Waals surface area (Å²) in [5.41, 5.74) is 1.76. The minimum Gasteiger partial charge on any atom is -0.378 e. The van der Waals surface area contributed by atoms with Gasteiger partial charge in [0, 0.05) is 31.5 Å². The Kier molecular flexibility index (Phi) is 6.06. The number of rotatable bonds is 4. The molecule has 1 aromatic heterocycles. The van der Waals surface area contributed by atoms with Crippen LogP contribution >= 0.6 is 0 Å². The topological polar surface area (TPSA) is 57.7 Å². The highest BCUT2D eigenvalue weighted by Crippen LogP contribution is 2.27. The zero-order valence-corrected chi connectivity index (χ0v) is 16.7. The number of pyridine rings is 1. The smallest absolute Gasteiger partial charge is 0.262 e. The zero-order chi connectivity index (χ0) is 20.2. The van der Waals surface area contributed by atoms with E-state index < -0.39 is 5.82 Å². The Labute approximate surface area is 170 Å². The Morgan fingerprint density at radius 1 is 1.31 bits per heavy atom. The molecule has 0 aliphatic carbocycles. The number of anilines is 2. The second-order valence-electron chi connectivity index (χ2n) is 7.58. The number of piperidine rings is 1. The zero-order valence-electron chi connectivity index (χ0n) is 16.7. The predicted octanol–water partition coefficient (Wildman–Crippen LogP) is 2.76. The van der Waals surface area contributed by atoms with Crippen LogP contribution in [-0.2, 0) is 4.74 Å². The quantitative estimate of drug-likeness (QED) is 0.858. The summed E-state index contributed by atoms with van der Waals surface area (Å²) >= 11 is 0. The number of hydrogen-bond donors (Lipinski definition) is 1. The van der Waals surface area contributed by atoms with Crippen molar-refractivity contribution in [2.24, 2.45) is 0 Å². The van der Waals surface area contributed by atoms with Crippen molar-refractivity contribution in [1.82, 2.24) is 10.3 Å². The average molecular weight is 398 g/mol. The Morgan fingerprint density at radius 3 is 2.83 bits per heavy atom. The van der Waals surface area contributed by atoms with Crippen molar-refractivity contribution in [1.29, 1.82) is 0 Å². The molecule has 1 N–H and O–H groups in total. The third-order valence-electron chi connectivity index (χ3n) is 5.62. The lowest BCUT2D eigenvalue weighted by atomic mass is 10.0. The molecule has 154 valence electrons. The molecule has 2 fully saturated rings. The van der Waals surface area contributed by atoms with Crippen molar-refractivity contribution < 1.29 is 13.9 Å². The van der Waals surface area contributed by atoms with Crippen LogP contribution in [0, 0.1) is 12.7 Å². The fourth-order valence-electron chi connectivity index (χ4n) is 4.04. The molecule has 1 unspecified atom stereocenters. The van der Waals surface area contributed by atoms with Crippen LogP contribution < -0.4 is 15.1 Å². The molecule has 0 bridgehead atoms. The standard InChI is InChI=1S/C22H27FN4O2/c1-16-4-2-9-25-21(16)27(18-5-3-8-24-15-18)22(28)19-7-6-17(14-20(19)23)26-10-12-29-13-11-26/h2,4,6-7,9,14,18,24H,3,5,8,10-13,15H2,1H3. The van der Waals surface area contributed by atoms with Gasteiger partial charge in [0.25, 0.3) is 5.91 Å². The van der Waals surface area contributed by atoms with Gasteiger partial charge in [-0.2, -0.15) is 0 Å². The molecule has 2 aliphatic rings. The molecule has 2 aliphatic heterocycles. The van der Waals surface area contributed by atoms with Gasteiger partial charge in [0.05, 0.1) is 24.8 Å². The lowest BCUT2D eigenvalue weighted by molar-refractivity contribution is 0.0967. The fourth-order valence-corrected chi connectivity index (χ4v) is 4.04. The minimum absolute atomic E-state index is 0.0526. The van der Waals surface area contributed by atoms with Gasteiger partial charge < -0.3 is 15.0 Å². The fraction of sp³-hybridized carbons (Fsp3) is 0.455. The number of hydrogen-bond acceptors (Lipinski definition) is 5. The first-order chi connectivity index (χ1) is 14.1. The number of carbonyl (C=O) groups excluding carboxylic acids is 1. The number of amides is 1. The van der Waals surface area contributed by atoms with Crippen molar-refractivity contribution in [3.8, 4) is 0 Å². The van der Waals surface area contributed by atoms with Crippen LogP contribution in [0.1, 0.15) is 28.8 Å².